The quantitative estimate of drug-likeness (QED) is 0.869. The van der Waals surface area contributed by atoms with Crippen LogP contribution in [0.4, 0.5) is 0 Å². The minimum absolute atomic E-state index is 0.0784. The molecular weight excluding hydrogens is 322 g/mol. The summed E-state index contributed by atoms with van der Waals surface area (Å²) in [5.41, 5.74) is 0. The Morgan fingerprint density at radius 2 is 1.78 bits per heavy atom. The number of piperidine rings is 1. The number of sulfonamides is 1. The van der Waals surface area contributed by atoms with E-state index in [1.54, 1.807) is 13.0 Å². The second-order valence-electron chi connectivity index (χ2n) is 5.62. The maximum Gasteiger partial charge on any atom is 0.306 e. The molecule has 23 heavy (non-hydrogen) atoms. The highest BCUT2D eigenvalue weighted by Gasteiger charge is 2.36. The van der Waals surface area contributed by atoms with Crippen LogP contribution in [0.3, 0.4) is 0 Å². The van der Waals surface area contributed by atoms with Crippen LogP contribution in [0.15, 0.2) is 23.1 Å². The van der Waals surface area contributed by atoms with Crippen LogP contribution in [-0.2, 0) is 14.8 Å². The Labute approximate surface area is 135 Å². The predicted molar refractivity (Wildman–Crippen MR) is 83.2 cm³/mol. The largest absolute Gasteiger partial charge is 0.497 e. The molecule has 2 rings (SSSR count). The molecule has 0 saturated carbocycles. The average molecular weight is 343 g/mol. The summed E-state index contributed by atoms with van der Waals surface area (Å²) in [4.78, 5) is 11.2. The number of carbonyl (C=O) groups is 1. The molecular formula is C15H21NO6S. The van der Waals surface area contributed by atoms with Crippen molar-refractivity contribution in [1.29, 1.82) is 0 Å². The normalized spacial score (nSPS) is 22.6. The van der Waals surface area contributed by atoms with Crippen LogP contribution in [0.25, 0.3) is 0 Å². The molecule has 0 radical (unpaired) electrons. The van der Waals surface area contributed by atoms with Crippen LogP contribution in [-0.4, -0.2) is 51.1 Å². The number of benzene rings is 1. The van der Waals surface area contributed by atoms with Gasteiger partial charge in [0, 0.05) is 31.3 Å². The third-order valence-electron chi connectivity index (χ3n) is 4.15. The first kappa shape index (κ1) is 17.6. The zero-order chi connectivity index (χ0) is 17.2. The van der Waals surface area contributed by atoms with Crippen LogP contribution in [0.5, 0.6) is 11.5 Å². The summed E-state index contributed by atoms with van der Waals surface area (Å²) in [6.07, 6.45) is 0.302. The maximum atomic E-state index is 12.8. The molecule has 1 heterocycles. The average Bonchev–Trinajstić information content (AvgIpc) is 2.53. The van der Waals surface area contributed by atoms with Gasteiger partial charge >= 0.3 is 5.97 Å². The molecule has 0 aromatic heterocycles. The lowest BCUT2D eigenvalue weighted by Gasteiger charge is -2.34. The van der Waals surface area contributed by atoms with Crippen LogP contribution in [0.2, 0.25) is 0 Å². The van der Waals surface area contributed by atoms with Gasteiger partial charge in [0.05, 0.1) is 25.0 Å². The summed E-state index contributed by atoms with van der Waals surface area (Å²) in [5, 5.41) is 9.15. The molecule has 2 unspecified atom stereocenters. The molecule has 1 aromatic rings. The van der Waals surface area contributed by atoms with E-state index in [9.17, 15) is 13.2 Å². The molecule has 1 saturated heterocycles. The van der Waals surface area contributed by atoms with Crippen molar-refractivity contribution in [2.45, 2.75) is 18.2 Å². The van der Waals surface area contributed by atoms with Crippen LogP contribution < -0.4 is 9.47 Å². The lowest BCUT2D eigenvalue weighted by molar-refractivity contribution is -0.144. The summed E-state index contributed by atoms with van der Waals surface area (Å²) in [7, 11) is -0.829. The number of ether oxygens (including phenoxy) is 2. The molecule has 1 fully saturated rings. The maximum absolute atomic E-state index is 12.8. The van der Waals surface area contributed by atoms with Gasteiger partial charge in [0.1, 0.15) is 11.5 Å². The van der Waals surface area contributed by atoms with Crippen LogP contribution >= 0.6 is 0 Å². The number of hydrogen-bond donors (Lipinski definition) is 1. The molecule has 128 valence electrons. The van der Waals surface area contributed by atoms with Crippen molar-refractivity contribution in [2.24, 2.45) is 11.8 Å². The van der Waals surface area contributed by atoms with Gasteiger partial charge < -0.3 is 14.6 Å². The van der Waals surface area contributed by atoms with Gasteiger partial charge in [0.25, 0.3) is 0 Å². The van der Waals surface area contributed by atoms with E-state index in [0.717, 1.165) is 0 Å². The van der Waals surface area contributed by atoms with Crippen molar-refractivity contribution in [2.75, 3.05) is 27.3 Å². The van der Waals surface area contributed by atoms with E-state index in [0.29, 0.717) is 17.9 Å². The van der Waals surface area contributed by atoms with Crippen LogP contribution in [0, 0.1) is 11.8 Å². The second-order valence-corrected chi connectivity index (χ2v) is 7.56. The van der Waals surface area contributed by atoms with E-state index in [4.69, 9.17) is 14.6 Å². The Morgan fingerprint density at radius 1 is 1.22 bits per heavy atom. The number of methoxy groups -OCH3 is 2. The highest BCUT2D eigenvalue weighted by atomic mass is 32.2. The summed E-state index contributed by atoms with van der Waals surface area (Å²) in [5.74, 6) is -0.866. The van der Waals surface area contributed by atoms with Gasteiger partial charge in [-0.25, -0.2) is 8.42 Å². The molecule has 1 aliphatic rings. The second kappa shape index (κ2) is 6.76. The highest BCUT2D eigenvalue weighted by Crippen LogP contribution is 2.31. The number of carboxylic acids is 1. The van der Waals surface area contributed by atoms with Gasteiger partial charge in [-0.1, -0.05) is 6.92 Å². The topological polar surface area (TPSA) is 93.1 Å². The van der Waals surface area contributed by atoms with Crippen molar-refractivity contribution in [3.63, 3.8) is 0 Å². The Morgan fingerprint density at radius 3 is 2.22 bits per heavy atom. The number of nitrogens with zero attached hydrogens (tertiary/aromatic N) is 1. The smallest absolute Gasteiger partial charge is 0.306 e. The zero-order valence-corrected chi connectivity index (χ0v) is 14.2. The molecule has 1 N–H and O–H groups in total. The van der Waals surface area contributed by atoms with Crippen molar-refractivity contribution in [3.05, 3.63) is 18.2 Å². The first-order chi connectivity index (χ1) is 10.8. The van der Waals surface area contributed by atoms with Gasteiger partial charge in [-0.2, -0.15) is 4.31 Å². The van der Waals surface area contributed by atoms with Crippen molar-refractivity contribution in [1.82, 2.24) is 4.31 Å². The highest BCUT2D eigenvalue weighted by molar-refractivity contribution is 7.89. The fourth-order valence-corrected chi connectivity index (χ4v) is 4.38. The molecule has 0 aliphatic carbocycles. The van der Waals surface area contributed by atoms with Crippen molar-refractivity contribution < 1.29 is 27.8 Å². The van der Waals surface area contributed by atoms with E-state index < -0.39 is 21.9 Å². The summed E-state index contributed by atoms with van der Waals surface area (Å²) in [6, 6.07) is 4.47. The van der Waals surface area contributed by atoms with Crippen molar-refractivity contribution in [3.8, 4) is 11.5 Å². The van der Waals surface area contributed by atoms with E-state index in [1.165, 1.54) is 30.7 Å². The SMILES string of the molecule is COc1cc(OC)cc(S(=O)(=O)N2CCC(C(=O)O)C(C)C2)c1. The third kappa shape index (κ3) is 3.59. The van der Waals surface area contributed by atoms with E-state index in [2.05, 4.69) is 0 Å². The Hall–Kier alpha value is -1.80. The zero-order valence-electron chi connectivity index (χ0n) is 13.4. The fraction of sp³-hybridized carbons (Fsp3) is 0.533. The summed E-state index contributed by atoms with van der Waals surface area (Å²) < 4.78 is 37.2. The molecule has 2 atom stereocenters. The molecule has 0 amide bonds. The van der Waals surface area contributed by atoms with E-state index >= 15 is 0 Å². The number of carboxylic acid groups (broad SMARTS) is 1. The van der Waals surface area contributed by atoms with Crippen molar-refractivity contribution >= 4 is 16.0 Å². The first-order valence-corrected chi connectivity index (χ1v) is 8.69. The van der Waals surface area contributed by atoms with Gasteiger partial charge in [-0.15, -0.1) is 0 Å². The lowest BCUT2D eigenvalue weighted by Crippen LogP contribution is -2.44. The minimum atomic E-state index is -3.73. The first-order valence-electron chi connectivity index (χ1n) is 7.25. The van der Waals surface area contributed by atoms with E-state index in [1.807, 2.05) is 0 Å². The third-order valence-corrected chi connectivity index (χ3v) is 5.99. The van der Waals surface area contributed by atoms with E-state index in [-0.39, 0.29) is 23.9 Å². The molecule has 1 aliphatic heterocycles. The van der Waals surface area contributed by atoms with Gasteiger partial charge in [0.15, 0.2) is 0 Å². The molecule has 0 spiro atoms. The van der Waals surface area contributed by atoms with Crippen LogP contribution in [0.1, 0.15) is 13.3 Å². The number of rotatable bonds is 5. The van der Waals surface area contributed by atoms with Gasteiger partial charge in [-0.3, -0.25) is 4.79 Å². The molecule has 8 heteroatoms. The predicted octanol–water partition coefficient (Wildman–Crippen LogP) is 1.44. The van der Waals surface area contributed by atoms with Gasteiger partial charge in [0.2, 0.25) is 10.0 Å². The van der Waals surface area contributed by atoms with Gasteiger partial charge in [-0.05, 0) is 12.3 Å². The minimum Gasteiger partial charge on any atom is -0.497 e. The lowest BCUT2D eigenvalue weighted by atomic mass is 9.88. The number of aliphatic carboxylic acids is 1. The molecule has 0 bridgehead atoms. The Bertz CT molecular complexity index is 665. The Kier molecular flexibility index (Phi) is 5.16. The summed E-state index contributed by atoms with van der Waals surface area (Å²) in [6.45, 7) is 2.12. The standard InChI is InChI=1S/C15H21NO6S/c1-10-9-16(5-4-14(10)15(17)18)23(19,20)13-7-11(21-2)6-12(8-13)22-3/h6-8,10,14H,4-5,9H2,1-3H3,(H,17,18). The summed E-state index contributed by atoms with van der Waals surface area (Å²) >= 11 is 0. The number of hydrogen-bond acceptors (Lipinski definition) is 5. The Balaban J connectivity index is 2.31. The molecule has 1 aromatic carbocycles. The monoisotopic (exact) mass is 343 g/mol. The molecule has 7 nitrogen and oxygen atoms in total. The fourth-order valence-electron chi connectivity index (χ4n) is 2.77.